The quantitative estimate of drug-likeness (QED) is 0.865. The van der Waals surface area contributed by atoms with Gasteiger partial charge in [0, 0.05) is 4.47 Å². The Kier molecular flexibility index (Phi) is 4.31. The van der Waals surface area contributed by atoms with Crippen molar-refractivity contribution in [1.82, 2.24) is 0 Å². The van der Waals surface area contributed by atoms with E-state index < -0.39 is 26.6 Å². The minimum absolute atomic E-state index is 0.139. The molecule has 2 aromatic rings. The molecule has 2 rings (SSSR count). The molecular formula is C12H7BrClF2NO2S. The summed E-state index contributed by atoms with van der Waals surface area (Å²) in [6.07, 6.45) is 0. The highest BCUT2D eigenvalue weighted by Crippen LogP contribution is 2.28. The third-order valence-electron chi connectivity index (χ3n) is 2.38. The topological polar surface area (TPSA) is 46.2 Å². The van der Waals surface area contributed by atoms with Crippen LogP contribution in [0.3, 0.4) is 0 Å². The Balaban J connectivity index is 2.38. The molecule has 0 radical (unpaired) electrons. The summed E-state index contributed by atoms with van der Waals surface area (Å²) < 4.78 is 52.8. The van der Waals surface area contributed by atoms with E-state index in [1.54, 1.807) is 6.07 Å². The molecule has 0 saturated carbocycles. The normalized spacial score (nSPS) is 11.4. The third-order valence-corrected chi connectivity index (χ3v) is 4.55. The zero-order valence-electron chi connectivity index (χ0n) is 9.70. The highest BCUT2D eigenvalue weighted by molar-refractivity contribution is 9.10. The van der Waals surface area contributed by atoms with Crippen LogP contribution in [0.5, 0.6) is 0 Å². The molecule has 0 saturated heterocycles. The van der Waals surface area contributed by atoms with Crippen molar-refractivity contribution in [2.45, 2.75) is 4.90 Å². The van der Waals surface area contributed by atoms with Gasteiger partial charge in [-0.15, -0.1) is 0 Å². The number of rotatable bonds is 3. The Bertz CT molecular complexity index is 768. The summed E-state index contributed by atoms with van der Waals surface area (Å²) in [7, 11) is -4.04. The van der Waals surface area contributed by atoms with Gasteiger partial charge >= 0.3 is 0 Å². The monoisotopic (exact) mass is 381 g/mol. The molecule has 0 aliphatic rings. The molecule has 0 amide bonds. The average molecular weight is 383 g/mol. The SMILES string of the molecule is O=S(=O)(Nc1ccc(Br)cc1Cl)c1ccc(F)c(F)c1. The lowest BCUT2D eigenvalue weighted by Crippen LogP contribution is -2.13. The maximum absolute atomic E-state index is 13.1. The molecule has 0 unspecified atom stereocenters. The standard InChI is InChI=1S/C12H7BrClF2NO2S/c13-7-1-4-12(9(14)5-7)17-20(18,19)8-2-3-10(15)11(16)6-8/h1-6,17H. The van der Waals surface area contributed by atoms with Gasteiger partial charge in [-0.1, -0.05) is 27.5 Å². The minimum Gasteiger partial charge on any atom is -0.278 e. The lowest BCUT2D eigenvalue weighted by Gasteiger charge is -2.10. The van der Waals surface area contributed by atoms with Gasteiger partial charge in [-0.05, 0) is 36.4 Å². The third kappa shape index (κ3) is 3.28. The van der Waals surface area contributed by atoms with E-state index in [-0.39, 0.29) is 10.7 Å². The highest BCUT2D eigenvalue weighted by Gasteiger charge is 2.17. The number of hydrogen-bond acceptors (Lipinski definition) is 2. The molecule has 0 aliphatic heterocycles. The fourth-order valence-corrected chi connectivity index (χ4v) is 3.29. The predicted molar refractivity (Wildman–Crippen MR) is 76.3 cm³/mol. The Labute approximate surface area is 127 Å². The average Bonchev–Trinajstić information content (AvgIpc) is 2.36. The molecule has 0 spiro atoms. The first-order valence-electron chi connectivity index (χ1n) is 5.22. The summed E-state index contributed by atoms with van der Waals surface area (Å²) in [4.78, 5) is -0.393. The van der Waals surface area contributed by atoms with E-state index in [4.69, 9.17) is 11.6 Å². The second kappa shape index (κ2) is 5.67. The predicted octanol–water partition coefficient (Wildman–Crippen LogP) is 4.18. The molecule has 1 N–H and O–H groups in total. The van der Waals surface area contributed by atoms with E-state index in [9.17, 15) is 17.2 Å². The Morgan fingerprint density at radius 1 is 1.05 bits per heavy atom. The lowest BCUT2D eigenvalue weighted by atomic mass is 10.3. The summed E-state index contributed by atoms with van der Waals surface area (Å²) in [5.41, 5.74) is 0.139. The van der Waals surface area contributed by atoms with Crippen molar-refractivity contribution in [1.29, 1.82) is 0 Å². The van der Waals surface area contributed by atoms with Crippen LogP contribution in [-0.4, -0.2) is 8.42 Å². The first-order valence-corrected chi connectivity index (χ1v) is 7.88. The molecule has 0 heterocycles. The van der Waals surface area contributed by atoms with Crippen LogP contribution in [0.2, 0.25) is 5.02 Å². The maximum Gasteiger partial charge on any atom is 0.262 e. The van der Waals surface area contributed by atoms with Crippen LogP contribution in [0.4, 0.5) is 14.5 Å². The van der Waals surface area contributed by atoms with E-state index >= 15 is 0 Å². The molecule has 8 heteroatoms. The van der Waals surface area contributed by atoms with Gasteiger partial charge in [0.1, 0.15) is 0 Å². The van der Waals surface area contributed by atoms with Gasteiger partial charge in [-0.25, -0.2) is 17.2 Å². The number of hydrogen-bond donors (Lipinski definition) is 1. The number of sulfonamides is 1. The summed E-state index contributed by atoms with van der Waals surface area (Å²) >= 11 is 9.07. The van der Waals surface area contributed by atoms with Crippen LogP contribution < -0.4 is 4.72 Å². The van der Waals surface area contributed by atoms with Gasteiger partial charge in [0.15, 0.2) is 11.6 Å². The summed E-state index contributed by atoms with van der Waals surface area (Å²) in [5.74, 6) is -2.36. The number of anilines is 1. The van der Waals surface area contributed by atoms with Gasteiger partial charge in [0.05, 0.1) is 15.6 Å². The molecule has 0 aliphatic carbocycles. The highest BCUT2D eigenvalue weighted by atomic mass is 79.9. The molecule has 0 fully saturated rings. The van der Waals surface area contributed by atoms with E-state index in [2.05, 4.69) is 20.7 Å². The van der Waals surface area contributed by atoms with Crippen molar-refractivity contribution in [2.75, 3.05) is 4.72 Å². The number of halogens is 4. The summed E-state index contributed by atoms with van der Waals surface area (Å²) in [5, 5.41) is 0.172. The van der Waals surface area contributed by atoms with Crippen LogP contribution in [0.1, 0.15) is 0 Å². The second-order valence-corrected chi connectivity index (χ2v) is 6.81. The Morgan fingerprint density at radius 2 is 1.75 bits per heavy atom. The molecule has 20 heavy (non-hydrogen) atoms. The van der Waals surface area contributed by atoms with Gasteiger partial charge in [0.2, 0.25) is 0 Å². The van der Waals surface area contributed by atoms with E-state index in [1.807, 2.05) is 0 Å². The first-order chi connectivity index (χ1) is 9.29. The van der Waals surface area contributed by atoms with Gasteiger partial charge < -0.3 is 0 Å². The van der Waals surface area contributed by atoms with Crippen molar-refractivity contribution in [2.24, 2.45) is 0 Å². The van der Waals surface area contributed by atoms with Gasteiger partial charge in [-0.2, -0.15) is 0 Å². The van der Waals surface area contributed by atoms with Gasteiger partial charge in [-0.3, -0.25) is 4.72 Å². The van der Waals surface area contributed by atoms with Crippen molar-refractivity contribution in [3.8, 4) is 0 Å². The van der Waals surface area contributed by atoms with E-state index in [1.165, 1.54) is 12.1 Å². The van der Waals surface area contributed by atoms with Gasteiger partial charge in [0.25, 0.3) is 10.0 Å². The fraction of sp³-hybridized carbons (Fsp3) is 0. The number of benzene rings is 2. The minimum atomic E-state index is -4.04. The molecular weight excluding hydrogens is 376 g/mol. The largest absolute Gasteiger partial charge is 0.278 e. The smallest absolute Gasteiger partial charge is 0.262 e. The molecule has 3 nitrogen and oxygen atoms in total. The zero-order valence-corrected chi connectivity index (χ0v) is 12.9. The van der Waals surface area contributed by atoms with Crippen LogP contribution >= 0.6 is 27.5 Å². The van der Waals surface area contributed by atoms with Crippen molar-refractivity contribution < 1.29 is 17.2 Å². The molecule has 0 atom stereocenters. The Morgan fingerprint density at radius 3 is 2.35 bits per heavy atom. The lowest BCUT2D eigenvalue weighted by molar-refractivity contribution is 0.504. The molecule has 2 aromatic carbocycles. The molecule has 106 valence electrons. The fourth-order valence-electron chi connectivity index (χ4n) is 1.42. The van der Waals surface area contributed by atoms with Crippen LogP contribution in [-0.2, 0) is 10.0 Å². The van der Waals surface area contributed by atoms with E-state index in [0.717, 1.165) is 12.1 Å². The summed E-state index contributed by atoms with van der Waals surface area (Å²) in [6, 6.07) is 6.86. The summed E-state index contributed by atoms with van der Waals surface area (Å²) in [6.45, 7) is 0. The van der Waals surface area contributed by atoms with Crippen LogP contribution in [0.25, 0.3) is 0 Å². The maximum atomic E-state index is 13.1. The molecule has 0 bridgehead atoms. The van der Waals surface area contributed by atoms with Crippen LogP contribution in [0.15, 0.2) is 45.8 Å². The van der Waals surface area contributed by atoms with E-state index in [0.29, 0.717) is 10.5 Å². The van der Waals surface area contributed by atoms with Crippen molar-refractivity contribution >= 4 is 43.2 Å². The number of nitrogens with one attached hydrogen (secondary N) is 1. The van der Waals surface area contributed by atoms with Crippen molar-refractivity contribution in [3.63, 3.8) is 0 Å². The van der Waals surface area contributed by atoms with Crippen molar-refractivity contribution in [3.05, 3.63) is 57.5 Å². The first kappa shape index (κ1) is 15.2. The Hall–Kier alpha value is -1.18. The zero-order chi connectivity index (χ0) is 14.9. The second-order valence-electron chi connectivity index (χ2n) is 3.81. The van der Waals surface area contributed by atoms with Crippen LogP contribution in [0, 0.1) is 11.6 Å². The molecule has 0 aromatic heterocycles.